The van der Waals surface area contributed by atoms with Crippen molar-refractivity contribution in [2.45, 2.75) is 18.7 Å². The number of nitro benzene ring substituents is 1. The van der Waals surface area contributed by atoms with Crippen molar-refractivity contribution < 1.29 is 27.6 Å². The van der Waals surface area contributed by atoms with E-state index in [-0.39, 0.29) is 27.7 Å². The van der Waals surface area contributed by atoms with E-state index in [0.29, 0.717) is 11.3 Å². The Hall–Kier alpha value is -4.12. The number of amides is 1. The number of anilines is 2. The molecule has 0 atom stereocenters. The summed E-state index contributed by atoms with van der Waals surface area (Å²) in [6, 6.07) is 14.8. The third-order valence-corrected chi connectivity index (χ3v) is 7.05. The number of non-ortho nitro benzene ring substituents is 1. The molecule has 3 aromatic carbocycles. The van der Waals surface area contributed by atoms with Gasteiger partial charge in [-0.3, -0.25) is 19.2 Å². The molecule has 0 unspecified atom stereocenters. The van der Waals surface area contributed by atoms with Crippen molar-refractivity contribution in [1.82, 2.24) is 0 Å². The highest BCUT2D eigenvalue weighted by molar-refractivity contribution is 7.92. The van der Waals surface area contributed by atoms with Crippen molar-refractivity contribution in [3.8, 4) is 11.5 Å². The van der Waals surface area contributed by atoms with E-state index in [9.17, 15) is 23.3 Å². The molecule has 0 aliphatic carbocycles. The zero-order valence-corrected chi connectivity index (χ0v) is 20.5. The lowest BCUT2D eigenvalue weighted by Gasteiger charge is -2.25. The number of methoxy groups -OCH3 is 2. The summed E-state index contributed by atoms with van der Waals surface area (Å²) in [7, 11) is -1.30. The second kappa shape index (κ2) is 10.4. The number of carbonyl (C=O) groups is 1. The number of ether oxygens (including phenoxy) is 2. The first-order chi connectivity index (χ1) is 16.6. The molecule has 1 N–H and O–H groups in total. The van der Waals surface area contributed by atoms with E-state index in [2.05, 4.69) is 5.32 Å². The number of hydrogen-bond donors (Lipinski definition) is 1. The molecule has 0 aliphatic rings. The maximum atomic E-state index is 13.6. The van der Waals surface area contributed by atoms with Gasteiger partial charge in [0, 0.05) is 18.2 Å². The van der Waals surface area contributed by atoms with Crippen molar-refractivity contribution in [2.24, 2.45) is 0 Å². The molecule has 0 radical (unpaired) electrons. The minimum absolute atomic E-state index is 0.00258. The molecule has 184 valence electrons. The van der Waals surface area contributed by atoms with E-state index >= 15 is 0 Å². The summed E-state index contributed by atoms with van der Waals surface area (Å²) in [4.78, 5) is 23.5. The summed E-state index contributed by atoms with van der Waals surface area (Å²) in [5.41, 5.74) is 1.65. The van der Waals surface area contributed by atoms with Gasteiger partial charge in [-0.1, -0.05) is 23.8 Å². The van der Waals surface area contributed by atoms with E-state index in [1.165, 1.54) is 62.8 Å². The number of nitrogens with one attached hydrogen (secondary N) is 1. The lowest BCUT2D eigenvalue weighted by molar-refractivity contribution is -0.384. The number of aryl methyl sites for hydroxylation is 2. The van der Waals surface area contributed by atoms with Crippen LogP contribution in [0.5, 0.6) is 11.5 Å². The number of carbonyl (C=O) groups excluding carboxylic acids is 1. The van der Waals surface area contributed by atoms with Crippen molar-refractivity contribution in [3.05, 3.63) is 81.9 Å². The van der Waals surface area contributed by atoms with Crippen LogP contribution in [0.4, 0.5) is 17.1 Å². The van der Waals surface area contributed by atoms with Crippen molar-refractivity contribution in [3.63, 3.8) is 0 Å². The summed E-state index contributed by atoms with van der Waals surface area (Å²) in [5.74, 6) is -0.0104. The first-order valence-electron chi connectivity index (χ1n) is 10.4. The monoisotopic (exact) mass is 499 g/mol. The van der Waals surface area contributed by atoms with E-state index in [4.69, 9.17) is 9.47 Å². The summed E-state index contributed by atoms with van der Waals surface area (Å²) in [5, 5.41) is 13.7. The predicted molar refractivity (Wildman–Crippen MR) is 132 cm³/mol. The van der Waals surface area contributed by atoms with Crippen LogP contribution < -0.4 is 19.1 Å². The molecule has 0 aromatic heterocycles. The molecule has 1 amide bonds. The maximum Gasteiger partial charge on any atom is 0.271 e. The first-order valence-corrected chi connectivity index (χ1v) is 11.9. The van der Waals surface area contributed by atoms with Gasteiger partial charge in [0.15, 0.2) is 11.5 Å². The van der Waals surface area contributed by atoms with Gasteiger partial charge in [0.2, 0.25) is 5.91 Å². The minimum Gasteiger partial charge on any atom is -0.493 e. The zero-order valence-electron chi connectivity index (χ0n) is 19.6. The maximum absolute atomic E-state index is 13.6. The largest absolute Gasteiger partial charge is 0.493 e. The molecule has 11 heteroatoms. The lowest BCUT2D eigenvalue weighted by atomic mass is 10.2. The molecule has 0 heterocycles. The van der Waals surface area contributed by atoms with Crippen molar-refractivity contribution in [1.29, 1.82) is 0 Å². The molecule has 3 rings (SSSR count). The van der Waals surface area contributed by atoms with Gasteiger partial charge in [-0.2, -0.15) is 0 Å². The molecule has 0 saturated carbocycles. The molecule has 0 fully saturated rings. The Morgan fingerprint density at radius 1 is 0.971 bits per heavy atom. The van der Waals surface area contributed by atoms with E-state index in [1.54, 1.807) is 19.1 Å². The standard InChI is InChI=1S/C24H25N3O7S/c1-16-5-10-20(11-6-16)35(31,32)26(18-9-12-22(33-3)23(14-18)34-4)15-24(28)25-21-13-19(27(29)30)8-7-17(21)2/h5-14H,15H2,1-4H3,(H,25,28). The van der Waals surface area contributed by atoms with Gasteiger partial charge >= 0.3 is 0 Å². The van der Waals surface area contributed by atoms with Crippen LogP contribution >= 0.6 is 0 Å². The smallest absolute Gasteiger partial charge is 0.271 e. The second-order valence-electron chi connectivity index (χ2n) is 7.67. The minimum atomic E-state index is -4.17. The van der Waals surface area contributed by atoms with Crippen LogP contribution in [0.25, 0.3) is 0 Å². The van der Waals surface area contributed by atoms with Gasteiger partial charge in [-0.05, 0) is 43.7 Å². The highest BCUT2D eigenvalue weighted by Crippen LogP contribution is 2.34. The molecule has 0 spiro atoms. The van der Waals surface area contributed by atoms with Gasteiger partial charge in [0.1, 0.15) is 6.54 Å². The molecule has 35 heavy (non-hydrogen) atoms. The Balaban J connectivity index is 2.02. The van der Waals surface area contributed by atoms with E-state index in [1.807, 2.05) is 6.92 Å². The number of benzene rings is 3. The van der Waals surface area contributed by atoms with Gasteiger partial charge in [-0.25, -0.2) is 8.42 Å². The zero-order chi connectivity index (χ0) is 25.8. The fraction of sp³-hybridized carbons (Fsp3) is 0.208. The number of hydrogen-bond acceptors (Lipinski definition) is 7. The topological polar surface area (TPSA) is 128 Å². The molecule has 0 saturated heterocycles. The first kappa shape index (κ1) is 25.5. The Morgan fingerprint density at radius 3 is 2.23 bits per heavy atom. The van der Waals surface area contributed by atoms with E-state index < -0.39 is 27.4 Å². The van der Waals surface area contributed by atoms with E-state index in [0.717, 1.165) is 9.87 Å². The van der Waals surface area contributed by atoms with Gasteiger partial charge in [0.25, 0.3) is 15.7 Å². The van der Waals surface area contributed by atoms with Crippen LogP contribution in [0.3, 0.4) is 0 Å². The second-order valence-corrected chi connectivity index (χ2v) is 9.53. The van der Waals surface area contributed by atoms with Gasteiger partial charge in [-0.15, -0.1) is 0 Å². The molecule has 3 aromatic rings. The molecular weight excluding hydrogens is 474 g/mol. The molecule has 0 bridgehead atoms. The van der Waals surface area contributed by atoms with Crippen LogP contribution in [0.1, 0.15) is 11.1 Å². The SMILES string of the molecule is COc1ccc(N(CC(=O)Nc2cc([N+](=O)[O-])ccc2C)S(=O)(=O)c2ccc(C)cc2)cc1OC. The molecular formula is C24H25N3O7S. The fourth-order valence-electron chi connectivity index (χ4n) is 3.31. The summed E-state index contributed by atoms with van der Waals surface area (Å²) >= 11 is 0. The average molecular weight is 500 g/mol. The Labute approximate surface area is 203 Å². The third kappa shape index (κ3) is 5.69. The summed E-state index contributed by atoms with van der Waals surface area (Å²) in [6.45, 7) is 2.92. The van der Waals surface area contributed by atoms with Crippen molar-refractivity contribution in [2.75, 3.05) is 30.4 Å². The number of nitro groups is 1. The molecule has 0 aliphatic heterocycles. The normalized spacial score (nSPS) is 11.0. The Kier molecular flexibility index (Phi) is 7.60. The van der Waals surface area contributed by atoms with Gasteiger partial charge < -0.3 is 14.8 Å². The number of rotatable bonds is 9. The quantitative estimate of drug-likeness (QED) is 0.347. The highest BCUT2D eigenvalue weighted by Gasteiger charge is 2.28. The molecule has 10 nitrogen and oxygen atoms in total. The number of sulfonamides is 1. The fourth-order valence-corrected chi connectivity index (χ4v) is 4.72. The van der Waals surface area contributed by atoms with Gasteiger partial charge in [0.05, 0.1) is 35.4 Å². The van der Waals surface area contributed by atoms with Crippen LogP contribution in [-0.4, -0.2) is 40.0 Å². The Bertz CT molecular complexity index is 1360. The summed E-state index contributed by atoms with van der Waals surface area (Å²) < 4.78 is 38.6. The van der Waals surface area contributed by atoms with Crippen LogP contribution in [0.15, 0.2) is 65.6 Å². The van der Waals surface area contributed by atoms with Crippen molar-refractivity contribution >= 4 is 33.0 Å². The Morgan fingerprint density at radius 2 is 1.63 bits per heavy atom. The van der Waals surface area contributed by atoms with Crippen LogP contribution in [0, 0.1) is 24.0 Å². The third-order valence-electron chi connectivity index (χ3n) is 5.26. The average Bonchev–Trinajstić information content (AvgIpc) is 2.83. The highest BCUT2D eigenvalue weighted by atomic mass is 32.2. The number of nitrogens with zero attached hydrogens (tertiary/aromatic N) is 2. The lowest BCUT2D eigenvalue weighted by Crippen LogP contribution is -2.38. The summed E-state index contributed by atoms with van der Waals surface area (Å²) in [6.07, 6.45) is 0. The van der Waals surface area contributed by atoms with Crippen LogP contribution in [0.2, 0.25) is 0 Å². The van der Waals surface area contributed by atoms with Crippen LogP contribution in [-0.2, 0) is 14.8 Å². The predicted octanol–water partition coefficient (Wildman–Crippen LogP) is 4.06.